The van der Waals surface area contributed by atoms with E-state index in [0.717, 1.165) is 22.6 Å². The van der Waals surface area contributed by atoms with Gasteiger partial charge in [0.1, 0.15) is 5.75 Å². The number of hydrogen-bond donors (Lipinski definition) is 0. The summed E-state index contributed by atoms with van der Waals surface area (Å²) in [7, 11) is 1.71. The van der Waals surface area contributed by atoms with Crippen molar-refractivity contribution in [1.82, 2.24) is 4.90 Å². The average molecular weight is 368 g/mol. The molecule has 5 heteroatoms. The van der Waals surface area contributed by atoms with Crippen LogP contribution < -0.4 is 4.74 Å². The number of likely N-dealkylation sites (N-methyl/N-ethyl adjacent to an activating group) is 1. The van der Waals surface area contributed by atoms with Crippen LogP contribution in [0.3, 0.4) is 0 Å². The van der Waals surface area contributed by atoms with Crippen LogP contribution in [0, 0.1) is 0 Å². The van der Waals surface area contributed by atoms with Crippen molar-refractivity contribution in [3.63, 3.8) is 0 Å². The predicted molar refractivity (Wildman–Crippen MR) is 103 cm³/mol. The summed E-state index contributed by atoms with van der Waals surface area (Å²) >= 11 is 5.87. The van der Waals surface area contributed by atoms with E-state index in [1.165, 1.54) is 0 Å². The Kier molecular flexibility index (Phi) is 5.54. The number of halogens is 1. The molecule has 0 radical (unpaired) electrons. The molecule has 0 unspecified atom stereocenters. The van der Waals surface area contributed by atoms with Gasteiger partial charge in [-0.2, -0.15) is 0 Å². The smallest absolute Gasteiger partial charge is 0.260 e. The lowest BCUT2D eigenvalue weighted by molar-refractivity contribution is -0.132. The van der Waals surface area contributed by atoms with Crippen molar-refractivity contribution >= 4 is 34.6 Å². The third-order valence-electron chi connectivity index (χ3n) is 4.16. The number of carbonyl (C=O) groups is 2. The van der Waals surface area contributed by atoms with E-state index in [-0.39, 0.29) is 12.5 Å². The summed E-state index contributed by atoms with van der Waals surface area (Å²) in [6.45, 7) is 0.320. The van der Waals surface area contributed by atoms with Gasteiger partial charge in [-0.3, -0.25) is 9.59 Å². The van der Waals surface area contributed by atoms with E-state index in [2.05, 4.69) is 0 Å². The molecule has 26 heavy (non-hydrogen) atoms. The van der Waals surface area contributed by atoms with E-state index in [1.807, 2.05) is 42.5 Å². The molecule has 0 spiro atoms. The zero-order valence-corrected chi connectivity index (χ0v) is 15.1. The third-order valence-corrected chi connectivity index (χ3v) is 4.41. The van der Waals surface area contributed by atoms with Gasteiger partial charge >= 0.3 is 0 Å². The zero-order chi connectivity index (χ0) is 18.5. The Balaban J connectivity index is 1.68. The van der Waals surface area contributed by atoms with Crippen molar-refractivity contribution in [2.75, 3.05) is 13.7 Å². The van der Waals surface area contributed by atoms with Gasteiger partial charge in [-0.15, -0.1) is 0 Å². The Hall–Kier alpha value is -2.85. The summed E-state index contributed by atoms with van der Waals surface area (Å²) in [4.78, 5) is 25.4. The first-order valence-corrected chi connectivity index (χ1v) is 8.54. The summed E-state index contributed by atoms with van der Waals surface area (Å²) in [5.74, 6) is 0.233. The second-order valence-electron chi connectivity index (χ2n) is 5.98. The highest BCUT2D eigenvalue weighted by atomic mass is 35.5. The number of hydrogen-bond acceptors (Lipinski definition) is 3. The van der Waals surface area contributed by atoms with Gasteiger partial charge in [0.25, 0.3) is 5.91 Å². The van der Waals surface area contributed by atoms with E-state index in [1.54, 1.807) is 30.1 Å². The molecule has 1 amide bonds. The molecule has 3 aromatic rings. The van der Waals surface area contributed by atoms with Gasteiger partial charge in [0.05, 0.1) is 5.56 Å². The first-order chi connectivity index (χ1) is 12.6. The topological polar surface area (TPSA) is 46.6 Å². The fourth-order valence-corrected chi connectivity index (χ4v) is 2.85. The molecule has 0 atom stereocenters. The lowest BCUT2D eigenvalue weighted by Gasteiger charge is -2.18. The summed E-state index contributed by atoms with van der Waals surface area (Å²) in [6.07, 6.45) is 0.763. The van der Waals surface area contributed by atoms with Crippen LogP contribution in [0.1, 0.15) is 15.9 Å². The quantitative estimate of drug-likeness (QED) is 0.609. The lowest BCUT2D eigenvalue weighted by atomic mass is 10.0. The van der Waals surface area contributed by atoms with Crippen molar-refractivity contribution in [1.29, 1.82) is 0 Å². The Labute approximate surface area is 156 Å². The first kappa shape index (κ1) is 18.0. The van der Waals surface area contributed by atoms with Crippen molar-refractivity contribution < 1.29 is 14.3 Å². The van der Waals surface area contributed by atoms with Crippen LogP contribution in [-0.2, 0) is 11.3 Å². The Morgan fingerprint density at radius 3 is 2.54 bits per heavy atom. The summed E-state index contributed by atoms with van der Waals surface area (Å²) in [5, 5.41) is 2.42. The zero-order valence-electron chi connectivity index (χ0n) is 14.3. The van der Waals surface area contributed by atoms with E-state index >= 15 is 0 Å². The Morgan fingerprint density at radius 2 is 1.81 bits per heavy atom. The third kappa shape index (κ3) is 4.03. The molecule has 0 aliphatic carbocycles. The fourth-order valence-electron chi connectivity index (χ4n) is 2.72. The molecule has 0 N–H and O–H groups in total. The van der Waals surface area contributed by atoms with Crippen LogP contribution in [0.15, 0.2) is 60.7 Å². The SMILES string of the molecule is CN(Cc1ccc(Cl)cc1)C(=O)COc1ccc2ccccc2c1C=O. The second-order valence-corrected chi connectivity index (χ2v) is 6.42. The summed E-state index contributed by atoms with van der Waals surface area (Å²) < 4.78 is 5.63. The predicted octanol–water partition coefficient (Wildman–Crippen LogP) is 4.34. The van der Waals surface area contributed by atoms with E-state index < -0.39 is 0 Å². The molecule has 0 aromatic heterocycles. The highest BCUT2D eigenvalue weighted by molar-refractivity contribution is 6.30. The normalized spacial score (nSPS) is 10.5. The molecule has 0 aliphatic heterocycles. The molecular formula is C21H18ClNO3. The van der Waals surface area contributed by atoms with Crippen molar-refractivity contribution in [2.24, 2.45) is 0 Å². The van der Waals surface area contributed by atoms with Gasteiger partial charge < -0.3 is 9.64 Å². The minimum Gasteiger partial charge on any atom is -0.483 e. The van der Waals surface area contributed by atoms with Gasteiger partial charge in [0.15, 0.2) is 12.9 Å². The Morgan fingerprint density at radius 1 is 1.08 bits per heavy atom. The number of amides is 1. The molecule has 4 nitrogen and oxygen atoms in total. The van der Waals surface area contributed by atoms with Gasteiger partial charge in [0.2, 0.25) is 0 Å². The number of fused-ring (bicyclic) bond motifs is 1. The molecule has 132 valence electrons. The largest absolute Gasteiger partial charge is 0.483 e. The highest BCUT2D eigenvalue weighted by Gasteiger charge is 2.13. The summed E-state index contributed by atoms with van der Waals surface area (Å²) in [5.41, 5.74) is 1.43. The maximum Gasteiger partial charge on any atom is 0.260 e. The maximum absolute atomic E-state index is 12.3. The minimum absolute atomic E-state index is 0.136. The van der Waals surface area contributed by atoms with Crippen LogP contribution in [0.25, 0.3) is 10.8 Å². The van der Waals surface area contributed by atoms with E-state index in [0.29, 0.717) is 22.9 Å². The monoisotopic (exact) mass is 367 g/mol. The number of carbonyl (C=O) groups excluding carboxylic acids is 2. The van der Waals surface area contributed by atoms with Crippen LogP contribution in [0.2, 0.25) is 5.02 Å². The number of aldehydes is 1. The van der Waals surface area contributed by atoms with Gasteiger partial charge in [-0.1, -0.05) is 54.1 Å². The van der Waals surface area contributed by atoms with Gasteiger partial charge in [0, 0.05) is 18.6 Å². The van der Waals surface area contributed by atoms with Crippen molar-refractivity contribution in [3.05, 3.63) is 76.8 Å². The molecule has 3 rings (SSSR count). The average Bonchev–Trinajstić information content (AvgIpc) is 2.67. The molecule has 0 aliphatic rings. The fraction of sp³-hybridized carbons (Fsp3) is 0.143. The van der Waals surface area contributed by atoms with E-state index in [9.17, 15) is 9.59 Å². The highest BCUT2D eigenvalue weighted by Crippen LogP contribution is 2.26. The number of rotatable bonds is 6. The van der Waals surface area contributed by atoms with Crippen molar-refractivity contribution in [2.45, 2.75) is 6.54 Å². The molecule has 0 heterocycles. The van der Waals surface area contributed by atoms with Crippen LogP contribution in [-0.4, -0.2) is 30.7 Å². The first-order valence-electron chi connectivity index (χ1n) is 8.16. The Bertz CT molecular complexity index is 938. The van der Waals surface area contributed by atoms with E-state index in [4.69, 9.17) is 16.3 Å². The minimum atomic E-state index is -0.176. The van der Waals surface area contributed by atoms with Gasteiger partial charge in [-0.05, 0) is 34.5 Å². The van der Waals surface area contributed by atoms with Crippen molar-refractivity contribution in [3.8, 4) is 5.75 Å². The van der Waals surface area contributed by atoms with Crippen LogP contribution in [0.4, 0.5) is 0 Å². The van der Waals surface area contributed by atoms with Crippen LogP contribution in [0.5, 0.6) is 5.75 Å². The number of benzene rings is 3. The molecule has 0 bridgehead atoms. The number of ether oxygens (including phenoxy) is 1. The lowest BCUT2D eigenvalue weighted by Crippen LogP contribution is -2.31. The van der Waals surface area contributed by atoms with Crippen LogP contribution >= 0.6 is 11.6 Å². The second kappa shape index (κ2) is 8.02. The summed E-state index contributed by atoms with van der Waals surface area (Å²) in [6, 6.07) is 18.5. The maximum atomic E-state index is 12.3. The number of nitrogens with zero attached hydrogens (tertiary/aromatic N) is 1. The van der Waals surface area contributed by atoms with Gasteiger partial charge in [-0.25, -0.2) is 0 Å². The molecular weight excluding hydrogens is 350 g/mol. The molecule has 0 saturated carbocycles. The standard InChI is InChI=1S/C21H18ClNO3/c1-23(12-15-6-9-17(22)10-7-15)21(25)14-26-20-11-8-16-4-2-3-5-18(16)19(20)13-24/h2-11,13H,12,14H2,1H3. The molecule has 0 saturated heterocycles. The molecule has 3 aromatic carbocycles. The molecule has 0 fully saturated rings.